The third-order valence-electron chi connectivity index (χ3n) is 4.09. The van der Waals surface area contributed by atoms with Gasteiger partial charge in [0.25, 0.3) is 0 Å². The second kappa shape index (κ2) is 5.84. The fourth-order valence-corrected chi connectivity index (χ4v) is 4.28. The number of benzene rings is 1. The highest BCUT2D eigenvalue weighted by Gasteiger charge is 2.34. The predicted molar refractivity (Wildman–Crippen MR) is 83.5 cm³/mol. The van der Waals surface area contributed by atoms with Crippen LogP contribution in [0.3, 0.4) is 0 Å². The maximum Gasteiger partial charge on any atom is 0.133 e. The van der Waals surface area contributed by atoms with Crippen molar-refractivity contribution in [2.45, 2.75) is 45.1 Å². The summed E-state index contributed by atoms with van der Waals surface area (Å²) in [5, 5.41) is 0. The molecule has 19 heavy (non-hydrogen) atoms. The Balaban J connectivity index is 2.13. The van der Waals surface area contributed by atoms with E-state index in [1.165, 1.54) is 12.0 Å². The Labute approximate surface area is 124 Å². The van der Waals surface area contributed by atoms with Crippen LogP contribution in [0, 0.1) is 11.8 Å². The van der Waals surface area contributed by atoms with E-state index in [0.29, 0.717) is 0 Å². The summed E-state index contributed by atoms with van der Waals surface area (Å²) in [4.78, 5) is 0. The summed E-state index contributed by atoms with van der Waals surface area (Å²) >= 11 is 3.55. The Bertz CT molecular complexity index is 436. The van der Waals surface area contributed by atoms with Crippen molar-refractivity contribution in [3.63, 3.8) is 0 Å². The van der Waals surface area contributed by atoms with E-state index in [1.807, 2.05) is 6.07 Å². The first-order chi connectivity index (χ1) is 8.92. The molecule has 0 saturated heterocycles. The van der Waals surface area contributed by atoms with Crippen LogP contribution in [-0.2, 0) is 6.42 Å². The molecule has 0 aromatic heterocycles. The molecule has 0 heterocycles. The molecule has 1 aromatic rings. The molecule has 0 radical (unpaired) electrons. The Morgan fingerprint density at radius 1 is 1.32 bits per heavy atom. The molecule has 1 aromatic carbocycles. The molecule has 2 atom stereocenters. The lowest BCUT2D eigenvalue weighted by molar-refractivity contribution is 0.182. The van der Waals surface area contributed by atoms with Crippen LogP contribution in [-0.4, -0.2) is 12.6 Å². The van der Waals surface area contributed by atoms with Crippen LogP contribution in [0.2, 0.25) is 0 Å². The van der Waals surface area contributed by atoms with Crippen molar-refractivity contribution >= 4 is 15.9 Å². The molecule has 1 saturated carbocycles. The van der Waals surface area contributed by atoms with Gasteiger partial charge in [-0.15, -0.1) is 0 Å². The van der Waals surface area contributed by atoms with E-state index in [0.717, 1.165) is 41.3 Å². The van der Waals surface area contributed by atoms with Gasteiger partial charge in [-0.3, -0.25) is 0 Å². The highest BCUT2D eigenvalue weighted by atomic mass is 79.9. The number of ether oxygens (including phenoxy) is 1. The number of halogens is 1. The fourth-order valence-electron chi connectivity index (χ4n) is 3.70. The highest BCUT2D eigenvalue weighted by molar-refractivity contribution is 9.10. The maximum absolute atomic E-state index is 6.65. The lowest BCUT2D eigenvalue weighted by Gasteiger charge is -2.40. The van der Waals surface area contributed by atoms with Gasteiger partial charge in [0.15, 0.2) is 0 Å². The van der Waals surface area contributed by atoms with Gasteiger partial charge in [0.2, 0.25) is 0 Å². The van der Waals surface area contributed by atoms with Crippen LogP contribution < -0.4 is 10.5 Å². The molecule has 3 heteroatoms. The molecule has 2 N–H and O–H groups in total. The van der Waals surface area contributed by atoms with Crippen molar-refractivity contribution in [1.29, 1.82) is 0 Å². The third-order valence-corrected chi connectivity index (χ3v) is 4.71. The van der Waals surface area contributed by atoms with Gasteiger partial charge < -0.3 is 10.5 Å². The summed E-state index contributed by atoms with van der Waals surface area (Å²) < 4.78 is 6.28. The van der Waals surface area contributed by atoms with Crippen molar-refractivity contribution in [2.24, 2.45) is 17.6 Å². The molecule has 0 amide bonds. The van der Waals surface area contributed by atoms with E-state index < -0.39 is 0 Å². The summed E-state index contributed by atoms with van der Waals surface area (Å²) in [5.41, 5.74) is 7.88. The zero-order valence-electron chi connectivity index (χ0n) is 12.1. The second-order valence-electron chi connectivity index (χ2n) is 6.36. The lowest BCUT2D eigenvalue weighted by atomic mass is 9.70. The summed E-state index contributed by atoms with van der Waals surface area (Å²) in [5.74, 6) is 2.34. The average molecular weight is 326 g/mol. The van der Waals surface area contributed by atoms with Crippen LogP contribution in [0.5, 0.6) is 5.75 Å². The van der Waals surface area contributed by atoms with Crippen molar-refractivity contribution in [2.75, 3.05) is 7.11 Å². The van der Waals surface area contributed by atoms with Gasteiger partial charge in [-0.25, -0.2) is 0 Å². The summed E-state index contributed by atoms with van der Waals surface area (Å²) in [6.07, 6.45) is 4.51. The molecule has 0 bridgehead atoms. The molecule has 1 aliphatic carbocycles. The lowest BCUT2D eigenvalue weighted by Crippen LogP contribution is -2.48. The first-order valence-electron chi connectivity index (χ1n) is 7.03. The van der Waals surface area contributed by atoms with E-state index >= 15 is 0 Å². The fraction of sp³-hybridized carbons (Fsp3) is 0.625. The van der Waals surface area contributed by atoms with E-state index in [1.54, 1.807) is 7.11 Å². The SMILES string of the molecule is COc1ccc(CC2(N)CC(C)CC(C)C2)cc1Br. The Morgan fingerprint density at radius 2 is 1.95 bits per heavy atom. The minimum atomic E-state index is -0.0505. The quantitative estimate of drug-likeness (QED) is 0.905. The molecule has 0 spiro atoms. The number of hydrogen-bond acceptors (Lipinski definition) is 2. The molecular weight excluding hydrogens is 302 g/mol. The summed E-state index contributed by atoms with van der Waals surface area (Å²) in [6, 6.07) is 6.28. The molecule has 106 valence electrons. The average Bonchev–Trinajstić information content (AvgIpc) is 2.26. The highest BCUT2D eigenvalue weighted by Crippen LogP contribution is 2.37. The zero-order chi connectivity index (χ0) is 14.0. The Morgan fingerprint density at radius 3 is 2.47 bits per heavy atom. The molecule has 1 fully saturated rings. The van der Waals surface area contributed by atoms with Crippen molar-refractivity contribution in [3.8, 4) is 5.75 Å². The van der Waals surface area contributed by atoms with Crippen LogP contribution in [0.4, 0.5) is 0 Å². The number of nitrogens with two attached hydrogens (primary N) is 1. The third kappa shape index (κ3) is 3.73. The van der Waals surface area contributed by atoms with Crippen LogP contribution in [0.15, 0.2) is 22.7 Å². The minimum absolute atomic E-state index is 0.0505. The molecule has 0 aliphatic heterocycles. The molecule has 2 rings (SSSR count). The van der Waals surface area contributed by atoms with Gasteiger partial charge in [-0.05, 0) is 71.1 Å². The van der Waals surface area contributed by atoms with Gasteiger partial charge in [-0.1, -0.05) is 19.9 Å². The van der Waals surface area contributed by atoms with Crippen LogP contribution >= 0.6 is 15.9 Å². The van der Waals surface area contributed by atoms with E-state index in [2.05, 4.69) is 41.9 Å². The number of hydrogen-bond donors (Lipinski definition) is 1. The topological polar surface area (TPSA) is 35.2 Å². The Kier molecular flexibility index (Phi) is 4.57. The molecule has 2 nitrogen and oxygen atoms in total. The van der Waals surface area contributed by atoms with Crippen molar-refractivity contribution in [3.05, 3.63) is 28.2 Å². The maximum atomic E-state index is 6.65. The summed E-state index contributed by atoms with van der Waals surface area (Å²) in [6.45, 7) is 4.64. The molecular formula is C16H24BrNO. The first-order valence-corrected chi connectivity index (χ1v) is 7.82. The molecule has 2 unspecified atom stereocenters. The van der Waals surface area contributed by atoms with Gasteiger partial charge in [0, 0.05) is 5.54 Å². The first kappa shape index (κ1) is 14.9. The standard InChI is InChI=1S/C16H24BrNO/c1-11-6-12(2)9-16(18,8-11)10-13-4-5-15(19-3)14(17)7-13/h4-5,7,11-12H,6,8-10,18H2,1-3H3. The van der Waals surface area contributed by atoms with Crippen molar-refractivity contribution < 1.29 is 4.74 Å². The summed E-state index contributed by atoms with van der Waals surface area (Å²) in [7, 11) is 1.69. The predicted octanol–water partition coefficient (Wildman–Crippen LogP) is 4.15. The smallest absolute Gasteiger partial charge is 0.133 e. The zero-order valence-corrected chi connectivity index (χ0v) is 13.7. The monoisotopic (exact) mass is 325 g/mol. The van der Waals surface area contributed by atoms with Gasteiger partial charge in [-0.2, -0.15) is 0 Å². The van der Waals surface area contributed by atoms with Gasteiger partial charge >= 0.3 is 0 Å². The van der Waals surface area contributed by atoms with Gasteiger partial charge in [0.1, 0.15) is 5.75 Å². The Hall–Kier alpha value is -0.540. The van der Waals surface area contributed by atoms with Crippen LogP contribution in [0.1, 0.15) is 38.7 Å². The normalized spacial score (nSPS) is 31.2. The molecule has 1 aliphatic rings. The van der Waals surface area contributed by atoms with E-state index in [-0.39, 0.29) is 5.54 Å². The van der Waals surface area contributed by atoms with Crippen molar-refractivity contribution in [1.82, 2.24) is 0 Å². The van der Waals surface area contributed by atoms with Gasteiger partial charge in [0.05, 0.1) is 11.6 Å². The number of rotatable bonds is 3. The van der Waals surface area contributed by atoms with E-state index in [9.17, 15) is 0 Å². The number of methoxy groups -OCH3 is 1. The largest absolute Gasteiger partial charge is 0.496 e. The second-order valence-corrected chi connectivity index (χ2v) is 7.22. The van der Waals surface area contributed by atoms with E-state index in [4.69, 9.17) is 10.5 Å². The minimum Gasteiger partial charge on any atom is -0.496 e. The van der Waals surface area contributed by atoms with Crippen LogP contribution in [0.25, 0.3) is 0 Å².